The average Bonchev–Trinajstić information content (AvgIpc) is 3.26. The SMILES string of the molecule is CCOC(=O)c1sc2cccc(F)c2c1CSc1nnc(CCC(N)=O)n1CC(C)C. The van der Waals surface area contributed by atoms with Crippen molar-refractivity contribution < 1.29 is 18.7 Å². The number of primary amides is 1. The number of carbonyl (C=O) groups excluding carboxylic acids is 2. The van der Waals surface area contributed by atoms with Crippen LogP contribution in [0.4, 0.5) is 4.39 Å². The quantitative estimate of drug-likeness (QED) is 0.357. The number of amides is 1. The molecule has 2 N–H and O–H groups in total. The van der Waals surface area contributed by atoms with Crippen molar-refractivity contribution >= 4 is 45.1 Å². The van der Waals surface area contributed by atoms with Gasteiger partial charge in [0.15, 0.2) is 5.16 Å². The van der Waals surface area contributed by atoms with Crippen LogP contribution in [-0.2, 0) is 28.2 Å². The Morgan fingerprint density at radius 3 is 2.77 bits per heavy atom. The third-order valence-corrected chi connectivity index (χ3v) is 6.68. The van der Waals surface area contributed by atoms with Crippen LogP contribution in [0.15, 0.2) is 23.4 Å². The van der Waals surface area contributed by atoms with Crippen molar-refractivity contribution in [2.24, 2.45) is 11.7 Å². The standard InChI is InChI=1S/C21H25FN4O3S2/c1-4-29-20(28)19-13(18-14(22)6-5-7-15(18)31-19)11-30-21-25-24-17(9-8-16(23)27)26(21)10-12(2)3/h5-7,12H,4,8-11H2,1-3H3,(H2,23,27). The number of rotatable bonds is 10. The lowest BCUT2D eigenvalue weighted by molar-refractivity contribution is -0.118. The van der Waals surface area contributed by atoms with Gasteiger partial charge in [-0.3, -0.25) is 4.79 Å². The van der Waals surface area contributed by atoms with E-state index in [0.29, 0.717) is 56.1 Å². The van der Waals surface area contributed by atoms with Crippen LogP contribution in [-0.4, -0.2) is 33.2 Å². The number of aromatic nitrogens is 3. The summed E-state index contributed by atoms with van der Waals surface area (Å²) in [5.74, 6) is 0.128. The zero-order valence-electron chi connectivity index (χ0n) is 17.7. The number of fused-ring (bicyclic) bond motifs is 1. The van der Waals surface area contributed by atoms with Gasteiger partial charge in [0.25, 0.3) is 0 Å². The van der Waals surface area contributed by atoms with E-state index in [1.807, 2.05) is 4.57 Å². The summed E-state index contributed by atoms with van der Waals surface area (Å²) in [6, 6.07) is 4.81. The Labute approximate surface area is 188 Å². The number of thioether (sulfide) groups is 1. The van der Waals surface area contributed by atoms with Crippen molar-refractivity contribution in [3.8, 4) is 0 Å². The summed E-state index contributed by atoms with van der Waals surface area (Å²) in [5, 5.41) is 9.59. The lowest BCUT2D eigenvalue weighted by Crippen LogP contribution is -2.15. The summed E-state index contributed by atoms with van der Waals surface area (Å²) in [6.45, 7) is 6.81. The number of hydrogen-bond acceptors (Lipinski definition) is 7. The van der Waals surface area contributed by atoms with Crippen LogP contribution in [0.3, 0.4) is 0 Å². The molecule has 0 saturated carbocycles. The van der Waals surface area contributed by atoms with E-state index in [-0.39, 0.29) is 18.8 Å². The number of aryl methyl sites for hydroxylation is 1. The minimum atomic E-state index is -0.454. The molecule has 10 heteroatoms. The fourth-order valence-electron chi connectivity index (χ4n) is 3.20. The first-order valence-electron chi connectivity index (χ1n) is 10.0. The highest BCUT2D eigenvalue weighted by Gasteiger charge is 2.23. The van der Waals surface area contributed by atoms with Crippen LogP contribution >= 0.6 is 23.1 Å². The summed E-state index contributed by atoms with van der Waals surface area (Å²) < 4.78 is 22.5. The Balaban J connectivity index is 1.94. The maximum absolute atomic E-state index is 14.6. The first-order valence-corrected chi connectivity index (χ1v) is 11.8. The summed E-state index contributed by atoms with van der Waals surface area (Å²) in [7, 11) is 0. The lowest BCUT2D eigenvalue weighted by atomic mass is 10.1. The highest BCUT2D eigenvalue weighted by atomic mass is 32.2. The fourth-order valence-corrected chi connectivity index (χ4v) is 5.41. The van der Waals surface area contributed by atoms with Gasteiger partial charge >= 0.3 is 5.97 Å². The average molecular weight is 465 g/mol. The number of thiophene rings is 1. The monoisotopic (exact) mass is 464 g/mol. The predicted octanol–water partition coefficient (Wildman–Crippen LogP) is 4.17. The van der Waals surface area contributed by atoms with E-state index in [1.165, 1.54) is 29.2 Å². The molecule has 0 atom stereocenters. The second-order valence-corrected chi connectivity index (χ2v) is 9.40. The van der Waals surface area contributed by atoms with Crippen LogP contribution in [0.2, 0.25) is 0 Å². The van der Waals surface area contributed by atoms with Crippen LogP contribution in [0, 0.1) is 11.7 Å². The summed E-state index contributed by atoms with van der Waals surface area (Å²) >= 11 is 2.61. The Hall–Kier alpha value is -2.46. The maximum atomic E-state index is 14.6. The van der Waals surface area contributed by atoms with Crippen molar-refractivity contribution in [3.05, 3.63) is 40.3 Å². The van der Waals surface area contributed by atoms with Gasteiger partial charge in [0.1, 0.15) is 16.5 Å². The molecule has 1 aromatic carbocycles. The first kappa shape index (κ1) is 23.2. The zero-order valence-corrected chi connectivity index (χ0v) is 19.3. The van der Waals surface area contributed by atoms with Crippen molar-refractivity contribution in [1.82, 2.24) is 14.8 Å². The number of ether oxygens (including phenoxy) is 1. The summed E-state index contributed by atoms with van der Waals surface area (Å²) in [6.07, 6.45) is 0.591. The molecule has 31 heavy (non-hydrogen) atoms. The molecule has 3 aromatic rings. The maximum Gasteiger partial charge on any atom is 0.348 e. The van der Waals surface area contributed by atoms with Gasteiger partial charge in [-0.25, -0.2) is 9.18 Å². The molecule has 0 radical (unpaired) electrons. The second kappa shape index (κ2) is 10.2. The highest BCUT2D eigenvalue weighted by Crippen LogP contribution is 2.37. The minimum absolute atomic E-state index is 0.189. The van der Waals surface area contributed by atoms with E-state index < -0.39 is 11.9 Å². The molecular formula is C21H25FN4O3S2. The van der Waals surface area contributed by atoms with Gasteiger partial charge in [-0.15, -0.1) is 21.5 Å². The lowest BCUT2D eigenvalue weighted by Gasteiger charge is -2.12. The molecule has 7 nitrogen and oxygen atoms in total. The molecule has 0 spiro atoms. The van der Waals surface area contributed by atoms with Crippen molar-refractivity contribution in [2.45, 2.75) is 51.1 Å². The fraction of sp³-hybridized carbons (Fsp3) is 0.429. The van der Waals surface area contributed by atoms with Crippen LogP contribution in [0.1, 0.15) is 48.3 Å². The molecule has 0 saturated heterocycles. The topological polar surface area (TPSA) is 100 Å². The Kier molecular flexibility index (Phi) is 7.66. The van der Waals surface area contributed by atoms with E-state index in [2.05, 4.69) is 24.0 Å². The van der Waals surface area contributed by atoms with E-state index in [4.69, 9.17) is 10.5 Å². The van der Waals surface area contributed by atoms with Gasteiger partial charge in [0.2, 0.25) is 5.91 Å². The number of carbonyl (C=O) groups is 2. The van der Waals surface area contributed by atoms with E-state index in [9.17, 15) is 14.0 Å². The predicted molar refractivity (Wildman–Crippen MR) is 120 cm³/mol. The van der Waals surface area contributed by atoms with Crippen molar-refractivity contribution in [2.75, 3.05) is 6.61 Å². The van der Waals surface area contributed by atoms with Crippen LogP contribution in [0.5, 0.6) is 0 Å². The van der Waals surface area contributed by atoms with Gasteiger partial charge < -0.3 is 15.0 Å². The Morgan fingerprint density at radius 2 is 2.10 bits per heavy atom. The largest absolute Gasteiger partial charge is 0.462 e. The Morgan fingerprint density at radius 1 is 1.32 bits per heavy atom. The van der Waals surface area contributed by atoms with Gasteiger partial charge in [0, 0.05) is 35.2 Å². The highest BCUT2D eigenvalue weighted by molar-refractivity contribution is 7.98. The molecule has 2 aromatic heterocycles. The van der Waals surface area contributed by atoms with E-state index >= 15 is 0 Å². The molecule has 3 rings (SSSR count). The molecule has 0 aliphatic rings. The number of benzene rings is 1. The van der Waals surface area contributed by atoms with Crippen LogP contribution in [0.25, 0.3) is 10.1 Å². The van der Waals surface area contributed by atoms with Crippen LogP contribution < -0.4 is 5.73 Å². The van der Waals surface area contributed by atoms with Crippen molar-refractivity contribution in [1.29, 1.82) is 0 Å². The minimum Gasteiger partial charge on any atom is -0.462 e. The number of hydrogen-bond donors (Lipinski definition) is 1. The summed E-state index contributed by atoms with van der Waals surface area (Å²) in [4.78, 5) is 24.1. The van der Waals surface area contributed by atoms with Gasteiger partial charge in [0.05, 0.1) is 6.61 Å². The third-order valence-electron chi connectivity index (χ3n) is 4.51. The molecule has 2 heterocycles. The number of nitrogens with zero attached hydrogens (tertiary/aromatic N) is 3. The van der Waals surface area contributed by atoms with E-state index in [0.717, 1.165) is 0 Å². The number of halogens is 1. The third kappa shape index (κ3) is 5.43. The van der Waals surface area contributed by atoms with Crippen molar-refractivity contribution in [3.63, 3.8) is 0 Å². The molecule has 0 aliphatic carbocycles. The first-order chi connectivity index (χ1) is 14.8. The molecular weight excluding hydrogens is 439 g/mol. The number of esters is 1. The Bertz CT molecular complexity index is 1090. The molecule has 1 amide bonds. The molecule has 0 bridgehead atoms. The van der Waals surface area contributed by atoms with Gasteiger partial charge in [-0.2, -0.15) is 0 Å². The molecule has 166 valence electrons. The normalized spacial score (nSPS) is 11.4. The number of nitrogens with two attached hydrogens (primary N) is 1. The smallest absolute Gasteiger partial charge is 0.348 e. The zero-order chi connectivity index (χ0) is 22.5. The second-order valence-electron chi connectivity index (χ2n) is 7.40. The molecule has 0 aliphatic heterocycles. The van der Waals surface area contributed by atoms with E-state index in [1.54, 1.807) is 19.1 Å². The van der Waals surface area contributed by atoms with Gasteiger partial charge in [-0.05, 0) is 30.5 Å². The molecule has 0 unspecified atom stereocenters. The van der Waals surface area contributed by atoms with Gasteiger partial charge in [-0.1, -0.05) is 31.7 Å². The summed E-state index contributed by atoms with van der Waals surface area (Å²) in [5.41, 5.74) is 5.87. The molecule has 0 fully saturated rings.